The molecule has 2 aromatic rings. The van der Waals surface area contributed by atoms with Crippen LogP contribution >= 0.6 is 0 Å². The molecule has 21 heavy (non-hydrogen) atoms. The van der Waals surface area contributed by atoms with Crippen molar-refractivity contribution in [3.63, 3.8) is 0 Å². The summed E-state index contributed by atoms with van der Waals surface area (Å²) in [6.45, 7) is -0.282. The fourth-order valence-electron chi connectivity index (χ4n) is 1.74. The number of hydrogen-bond donors (Lipinski definition) is 4. The van der Waals surface area contributed by atoms with E-state index in [9.17, 15) is 15.0 Å². The molecule has 2 rings (SSSR count). The van der Waals surface area contributed by atoms with Gasteiger partial charge < -0.3 is 20.6 Å². The molecule has 0 saturated heterocycles. The number of aromatic hydroxyl groups is 2. The van der Waals surface area contributed by atoms with Gasteiger partial charge in [0.15, 0.2) is 11.5 Å². The fraction of sp³-hybridized carbons (Fsp3) is 0.0625. The SMILES string of the molecule is O=C(Nc1ccccc1C#CCO)c1cccc(O)c1O. The van der Waals surface area contributed by atoms with Crippen molar-refractivity contribution in [2.24, 2.45) is 0 Å². The maximum Gasteiger partial charge on any atom is 0.259 e. The molecular formula is C16H13NO4. The van der Waals surface area contributed by atoms with Crippen LogP contribution < -0.4 is 5.32 Å². The fourth-order valence-corrected chi connectivity index (χ4v) is 1.74. The van der Waals surface area contributed by atoms with Crippen molar-refractivity contribution in [3.8, 4) is 23.3 Å². The molecular weight excluding hydrogens is 270 g/mol. The van der Waals surface area contributed by atoms with Gasteiger partial charge in [0, 0.05) is 5.56 Å². The van der Waals surface area contributed by atoms with Crippen molar-refractivity contribution < 1.29 is 20.1 Å². The molecule has 2 aromatic carbocycles. The van der Waals surface area contributed by atoms with Gasteiger partial charge in [0.25, 0.3) is 5.91 Å². The monoisotopic (exact) mass is 283 g/mol. The Hall–Kier alpha value is -2.97. The normalized spacial score (nSPS) is 9.57. The number of phenols is 2. The van der Waals surface area contributed by atoms with Crippen molar-refractivity contribution in [2.45, 2.75) is 0 Å². The molecule has 0 heterocycles. The van der Waals surface area contributed by atoms with E-state index in [-0.39, 0.29) is 17.9 Å². The lowest BCUT2D eigenvalue weighted by Crippen LogP contribution is -2.13. The first-order valence-corrected chi connectivity index (χ1v) is 6.14. The van der Waals surface area contributed by atoms with E-state index in [1.54, 1.807) is 24.3 Å². The third kappa shape index (κ3) is 3.32. The average molecular weight is 283 g/mol. The second-order valence-corrected chi connectivity index (χ2v) is 4.13. The summed E-state index contributed by atoms with van der Waals surface area (Å²) in [7, 11) is 0. The molecule has 5 nitrogen and oxygen atoms in total. The van der Waals surface area contributed by atoms with Gasteiger partial charge in [-0.3, -0.25) is 4.79 Å². The number of benzene rings is 2. The second kappa shape index (κ2) is 6.46. The Balaban J connectivity index is 2.30. The molecule has 0 fully saturated rings. The van der Waals surface area contributed by atoms with Crippen LogP contribution in [0.15, 0.2) is 42.5 Å². The Morgan fingerprint density at radius 2 is 1.86 bits per heavy atom. The predicted molar refractivity (Wildman–Crippen MR) is 78.1 cm³/mol. The summed E-state index contributed by atoms with van der Waals surface area (Å²) >= 11 is 0. The molecule has 106 valence electrons. The summed E-state index contributed by atoms with van der Waals surface area (Å²) in [5, 5.41) is 30.4. The minimum Gasteiger partial charge on any atom is -0.504 e. The topological polar surface area (TPSA) is 89.8 Å². The zero-order chi connectivity index (χ0) is 15.2. The largest absolute Gasteiger partial charge is 0.504 e. The van der Waals surface area contributed by atoms with Gasteiger partial charge in [-0.05, 0) is 24.3 Å². The number of hydrogen-bond acceptors (Lipinski definition) is 4. The first kappa shape index (κ1) is 14.4. The van der Waals surface area contributed by atoms with Gasteiger partial charge in [-0.15, -0.1) is 0 Å². The first-order valence-electron chi connectivity index (χ1n) is 6.14. The van der Waals surface area contributed by atoms with Crippen LogP contribution in [0.4, 0.5) is 5.69 Å². The lowest BCUT2D eigenvalue weighted by Gasteiger charge is -2.09. The first-order chi connectivity index (χ1) is 10.1. The van der Waals surface area contributed by atoms with Gasteiger partial charge in [0.2, 0.25) is 0 Å². The van der Waals surface area contributed by atoms with Crippen molar-refractivity contribution in [1.82, 2.24) is 0 Å². The molecule has 0 aromatic heterocycles. The minimum absolute atomic E-state index is 0.0417. The van der Waals surface area contributed by atoms with Crippen LogP contribution in [0, 0.1) is 11.8 Å². The zero-order valence-corrected chi connectivity index (χ0v) is 11.0. The van der Waals surface area contributed by atoms with Gasteiger partial charge in [-0.1, -0.05) is 30.0 Å². The maximum absolute atomic E-state index is 12.1. The smallest absolute Gasteiger partial charge is 0.259 e. The third-order valence-corrected chi connectivity index (χ3v) is 2.74. The molecule has 0 bridgehead atoms. The Labute approximate surface area is 121 Å². The summed E-state index contributed by atoms with van der Waals surface area (Å²) in [4.78, 5) is 12.1. The Kier molecular flexibility index (Phi) is 4.44. The minimum atomic E-state index is -0.568. The molecule has 0 atom stereocenters. The summed E-state index contributed by atoms with van der Waals surface area (Å²) in [5.74, 6) is 3.81. The standard InChI is InChI=1S/C16H13NO4/c18-10-4-6-11-5-1-2-8-13(11)17-16(21)12-7-3-9-14(19)15(12)20/h1-3,5,7-9,18-20H,10H2,(H,17,21). The van der Waals surface area contributed by atoms with Crippen LogP contribution in [0.5, 0.6) is 11.5 Å². The Bertz CT molecular complexity index is 729. The number of carbonyl (C=O) groups excluding carboxylic acids is 1. The van der Waals surface area contributed by atoms with E-state index in [4.69, 9.17) is 5.11 Å². The highest BCUT2D eigenvalue weighted by molar-refractivity contribution is 6.07. The molecule has 5 heteroatoms. The van der Waals surface area contributed by atoms with Gasteiger partial charge in [-0.25, -0.2) is 0 Å². The molecule has 0 aliphatic heterocycles. The van der Waals surface area contributed by atoms with Gasteiger partial charge in [-0.2, -0.15) is 0 Å². The van der Waals surface area contributed by atoms with Crippen LogP contribution in [0.2, 0.25) is 0 Å². The van der Waals surface area contributed by atoms with E-state index in [1.807, 2.05) is 0 Å². The summed E-state index contributed by atoms with van der Waals surface area (Å²) in [6, 6.07) is 11.0. The summed E-state index contributed by atoms with van der Waals surface area (Å²) in [5.41, 5.74) is 0.950. The molecule has 0 unspecified atom stereocenters. The average Bonchev–Trinajstić information content (AvgIpc) is 2.49. The molecule has 0 spiro atoms. The summed E-state index contributed by atoms with van der Waals surface area (Å²) < 4.78 is 0. The molecule has 0 aliphatic carbocycles. The van der Waals surface area contributed by atoms with Gasteiger partial charge in [0.1, 0.15) is 6.61 Å². The highest BCUT2D eigenvalue weighted by Crippen LogP contribution is 2.29. The van der Waals surface area contributed by atoms with Crippen molar-refractivity contribution in [2.75, 3.05) is 11.9 Å². The van der Waals surface area contributed by atoms with E-state index in [0.717, 1.165) is 0 Å². The number of aliphatic hydroxyl groups is 1. The van der Waals surface area contributed by atoms with E-state index in [1.165, 1.54) is 18.2 Å². The quantitative estimate of drug-likeness (QED) is 0.499. The van der Waals surface area contributed by atoms with Gasteiger partial charge >= 0.3 is 0 Å². The molecule has 4 N–H and O–H groups in total. The Morgan fingerprint density at radius 3 is 2.62 bits per heavy atom. The number of nitrogens with one attached hydrogen (secondary N) is 1. The highest BCUT2D eigenvalue weighted by Gasteiger charge is 2.14. The number of phenolic OH excluding ortho intramolecular Hbond substituents is 2. The number of carbonyl (C=O) groups is 1. The Morgan fingerprint density at radius 1 is 1.10 bits per heavy atom. The number of amides is 1. The van der Waals surface area contributed by atoms with Crippen LogP contribution in [-0.4, -0.2) is 27.8 Å². The highest BCUT2D eigenvalue weighted by atomic mass is 16.3. The van der Waals surface area contributed by atoms with Gasteiger partial charge in [0.05, 0.1) is 11.3 Å². The van der Waals surface area contributed by atoms with Crippen molar-refractivity contribution in [1.29, 1.82) is 0 Å². The van der Waals surface area contributed by atoms with Crippen LogP contribution in [0.3, 0.4) is 0 Å². The third-order valence-electron chi connectivity index (χ3n) is 2.74. The molecule has 0 saturated carbocycles. The zero-order valence-electron chi connectivity index (χ0n) is 11.0. The lowest BCUT2D eigenvalue weighted by molar-refractivity contribution is 0.102. The van der Waals surface area contributed by atoms with Crippen molar-refractivity contribution >= 4 is 11.6 Å². The van der Waals surface area contributed by atoms with E-state index < -0.39 is 11.7 Å². The maximum atomic E-state index is 12.1. The molecule has 1 amide bonds. The molecule has 0 radical (unpaired) electrons. The predicted octanol–water partition coefficient (Wildman–Crippen LogP) is 1.69. The van der Waals surface area contributed by atoms with Crippen LogP contribution in [0.25, 0.3) is 0 Å². The van der Waals surface area contributed by atoms with Crippen molar-refractivity contribution in [3.05, 3.63) is 53.6 Å². The summed E-state index contributed by atoms with van der Waals surface area (Å²) in [6.07, 6.45) is 0. The number of anilines is 1. The van der Waals surface area contributed by atoms with E-state index >= 15 is 0 Å². The lowest BCUT2D eigenvalue weighted by atomic mass is 10.1. The second-order valence-electron chi connectivity index (χ2n) is 4.13. The number of para-hydroxylation sites is 2. The van der Waals surface area contributed by atoms with E-state index in [2.05, 4.69) is 17.2 Å². The van der Waals surface area contributed by atoms with Crippen LogP contribution in [0.1, 0.15) is 15.9 Å². The van der Waals surface area contributed by atoms with E-state index in [0.29, 0.717) is 11.3 Å². The number of rotatable bonds is 2. The molecule has 0 aliphatic rings. The van der Waals surface area contributed by atoms with Crippen LogP contribution in [-0.2, 0) is 0 Å². The number of aliphatic hydroxyl groups excluding tert-OH is 1.